The van der Waals surface area contributed by atoms with Crippen molar-refractivity contribution in [2.75, 3.05) is 21.2 Å². The second-order valence-electron chi connectivity index (χ2n) is 15.9. The van der Waals surface area contributed by atoms with Crippen molar-refractivity contribution in [2.45, 2.75) is 173 Å². The van der Waals surface area contributed by atoms with Crippen LogP contribution in [0.2, 0.25) is 0 Å². The number of carbonyl (C=O) groups excluding carboxylic acids is 1. The molecule has 0 aromatic heterocycles. The zero-order valence-corrected chi connectivity index (χ0v) is 32.5. The van der Waals surface area contributed by atoms with E-state index in [4.69, 9.17) is 28.4 Å². The number of aliphatic hydroxyl groups is 5. The summed E-state index contributed by atoms with van der Waals surface area (Å²) in [5, 5.41) is 71.4. The molecule has 3 fully saturated rings. The first-order valence-electron chi connectivity index (χ1n) is 18.3. The number of nitrogens with zero attached hydrogens (tertiary/aromatic N) is 2. The Morgan fingerprint density at radius 2 is 1.57 bits per heavy atom. The van der Waals surface area contributed by atoms with Crippen molar-refractivity contribution in [1.82, 2.24) is 4.90 Å². The van der Waals surface area contributed by atoms with Crippen molar-refractivity contribution < 1.29 is 64.0 Å². The molecule has 6 N–H and O–H groups in total. The maximum atomic E-state index is 14.1. The fourth-order valence-electron chi connectivity index (χ4n) is 8.35. The topological polar surface area (TPSA) is 209 Å². The Labute approximate surface area is 303 Å². The molecule has 18 unspecified atom stereocenters. The quantitative estimate of drug-likeness (QED) is 0.125. The summed E-state index contributed by atoms with van der Waals surface area (Å²) in [4.78, 5) is 16.0. The molecule has 0 spiro atoms. The predicted molar refractivity (Wildman–Crippen MR) is 186 cm³/mol. The lowest BCUT2D eigenvalue weighted by Gasteiger charge is -2.48. The van der Waals surface area contributed by atoms with Crippen LogP contribution in [0.3, 0.4) is 0 Å². The van der Waals surface area contributed by atoms with Gasteiger partial charge in [-0.1, -0.05) is 32.9 Å². The van der Waals surface area contributed by atoms with Crippen molar-refractivity contribution in [3.63, 3.8) is 0 Å². The molecular weight excluding hydrogens is 668 g/mol. The van der Waals surface area contributed by atoms with Crippen molar-refractivity contribution >= 4 is 11.7 Å². The second kappa shape index (κ2) is 17.8. The van der Waals surface area contributed by atoms with Gasteiger partial charge in [0.15, 0.2) is 12.6 Å². The highest BCUT2D eigenvalue weighted by molar-refractivity contribution is 5.88. The smallest absolute Gasteiger partial charge is 0.311 e. The molecule has 3 aliphatic rings. The van der Waals surface area contributed by atoms with E-state index in [1.54, 1.807) is 48.5 Å². The van der Waals surface area contributed by atoms with E-state index >= 15 is 0 Å². The van der Waals surface area contributed by atoms with Crippen LogP contribution in [-0.4, -0.2) is 153 Å². The molecule has 3 rings (SSSR count). The average Bonchev–Trinajstić information content (AvgIpc) is 3.05. The van der Waals surface area contributed by atoms with Gasteiger partial charge < -0.3 is 64.1 Å². The van der Waals surface area contributed by atoms with Crippen LogP contribution in [-0.2, 0) is 33.2 Å². The van der Waals surface area contributed by atoms with E-state index in [-0.39, 0.29) is 37.1 Å². The van der Waals surface area contributed by atoms with Gasteiger partial charge in [0.1, 0.15) is 23.9 Å². The van der Waals surface area contributed by atoms with Gasteiger partial charge in [-0.2, -0.15) is 0 Å². The van der Waals surface area contributed by atoms with Crippen molar-refractivity contribution in [1.29, 1.82) is 0 Å². The van der Waals surface area contributed by atoms with Gasteiger partial charge in [-0.3, -0.25) is 4.79 Å². The molecule has 18 atom stereocenters. The molecule has 0 radical (unpaired) electrons. The Morgan fingerprint density at radius 3 is 2.12 bits per heavy atom. The number of esters is 1. The molecule has 15 heteroatoms. The molecular formula is C36H66N2O13. The number of likely N-dealkylation sites (N-methyl/N-ethyl adjacent to an activating group) is 1. The van der Waals surface area contributed by atoms with Gasteiger partial charge in [-0.05, 0) is 68.0 Å². The lowest BCUT2D eigenvalue weighted by Crippen LogP contribution is -2.60. The van der Waals surface area contributed by atoms with E-state index in [0.717, 1.165) is 0 Å². The van der Waals surface area contributed by atoms with E-state index in [1.165, 1.54) is 14.0 Å². The maximum Gasteiger partial charge on any atom is 0.311 e. The molecule has 0 aromatic rings. The van der Waals surface area contributed by atoms with Crippen LogP contribution in [0.5, 0.6) is 0 Å². The summed E-state index contributed by atoms with van der Waals surface area (Å²) < 4.78 is 36.8. The summed E-state index contributed by atoms with van der Waals surface area (Å²) in [6.45, 7) is 14.9. The monoisotopic (exact) mass is 734 g/mol. The summed E-state index contributed by atoms with van der Waals surface area (Å²) in [6.07, 6.45) is -9.93. The Bertz CT molecular complexity index is 1150. The highest BCUT2D eigenvalue weighted by Crippen LogP contribution is 2.40. The van der Waals surface area contributed by atoms with Gasteiger partial charge in [0.2, 0.25) is 0 Å². The minimum Gasteiger partial charge on any atom is -0.459 e. The van der Waals surface area contributed by atoms with Crippen LogP contribution in [0.25, 0.3) is 0 Å². The van der Waals surface area contributed by atoms with Gasteiger partial charge in [0, 0.05) is 37.3 Å². The minimum absolute atomic E-state index is 0.0618. The van der Waals surface area contributed by atoms with Gasteiger partial charge >= 0.3 is 5.97 Å². The minimum atomic E-state index is -1.96. The predicted octanol–water partition coefficient (Wildman–Crippen LogP) is 1.66. The maximum absolute atomic E-state index is 14.1. The fourth-order valence-corrected chi connectivity index (χ4v) is 8.35. The van der Waals surface area contributed by atoms with Crippen LogP contribution in [0.4, 0.5) is 0 Å². The van der Waals surface area contributed by atoms with Crippen LogP contribution < -0.4 is 0 Å². The third-order valence-electron chi connectivity index (χ3n) is 11.5. The van der Waals surface area contributed by atoms with Gasteiger partial charge in [0.25, 0.3) is 0 Å². The Kier molecular flexibility index (Phi) is 15.3. The highest BCUT2D eigenvalue weighted by Gasteiger charge is 2.52. The number of hydrogen-bond acceptors (Lipinski definition) is 15. The summed E-state index contributed by atoms with van der Waals surface area (Å²) in [6, 6.07) is -0.318. The number of hydrogen-bond donors (Lipinski definition) is 6. The zero-order chi connectivity index (χ0) is 38.7. The van der Waals surface area contributed by atoms with Crippen LogP contribution in [0.1, 0.15) is 88.0 Å². The first-order valence-corrected chi connectivity index (χ1v) is 18.3. The Hall–Kier alpha value is -1.50. The summed E-state index contributed by atoms with van der Waals surface area (Å²) in [5.41, 5.74) is -3.61. The molecule has 3 aliphatic heterocycles. The molecule has 3 saturated heterocycles. The lowest BCUT2D eigenvalue weighted by atomic mass is 9.73. The molecule has 0 bridgehead atoms. The van der Waals surface area contributed by atoms with Gasteiger partial charge in [-0.25, -0.2) is 0 Å². The van der Waals surface area contributed by atoms with Gasteiger partial charge in [-0.15, -0.1) is 0 Å². The number of carbonyl (C=O) groups is 1. The van der Waals surface area contributed by atoms with E-state index in [2.05, 4.69) is 5.16 Å². The lowest BCUT2D eigenvalue weighted by molar-refractivity contribution is -0.311. The largest absolute Gasteiger partial charge is 0.459 e. The molecule has 15 nitrogen and oxygen atoms in total. The van der Waals surface area contributed by atoms with Crippen molar-refractivity contribution in [3.8, 4) is 0 Å². The summed E-state index contributed by atoms with van der Waals surface area (Å²) >= 11 is 0. The Balaban J connectivity index is 2.19. The number of methoxy groups -OCH3 is 1. The van der Waals surface area contributed by atoms with Gasteiger partial charge in [0.05, 0.1) is 53.9 Å². The standard InChI is InChI=1S/C36H66N2O13/c1-13-25-36(9,44)31(41)19(4)27(37-45)17(2)16-35(8,43)32(51-34-29(40)23(38(10)11)14-18(3)47-34)20(5)30(21(6)33(42)49-25)50-26-15-24(46-12)28(39)22(7)48-26/h17-26,28-32,34,39-41,43-45H,13-16H2,1-12H3. The summed E-state index contributed by atoms with van der Waals surface area (Å²) in [5.74, 6) is -4.21. The number of rotatable bonds is 7. The molecule has 3 heterocycles. The first kappa shape index (κ1) is 43.9. The van der Waals surface area contributed by atoms with E-state index in [0.29, 0.717) is 6.42 Å². The number of oxime groups is 1. The van der Waals surface area contributed by atoms with Crippen LogP contribution in [0, 0.1) is 23.7 Å². The van der Waals surface area contributed by atoms with E-state index < -0.39 is 102 Å². The number of ether oxygens (including phenoxy) is 6. The molecule has 0 amide bonds. The average molecular weight is 735 g/mol. The third kappa shape index (κ3) is 9.79. The second-order valence-corrected chi connectivity index (χ2v) is 15.9. The Morgan fingerprint density at radius 1 is 0.941 bits per heavy atom. The molecule has 298 valence electrons. The molecule has 0 saturated carbocycles. The van der Waals surface area contributed by atoms with Crippen LogP contribution in [0.15, 0.2) is 5.16 Å². The van der Waals surface area contributed by atoms with E-state index in [9.17, 15) is 35.5 Å². The van der Waals surface area contributed by atoms with Crippen molar-refractivity contribution in [2.24, 2.45) is 28.8 Å². The SMILES string of the molecule is CCC1OC(=O)C(C)C(OC2CC(OC)C(O)C(C)O2)C(C)C(OC2OC(C)CC(N(C)C)C2O)C(C)(O)CC(C)C(=NO)C(C)C(O)C1(C)O. The van der Waals surface area contributed by atoms with Crippen LogP contribution >= 0.6 is 0 Å². The van der Waals surface area contributed by atoms with E-state index in [1.807, 2.05) is 25.9 Å². The third-order valence-corrected chi connectivity index (χ3v) is 11.5. The number of cyclic esters (lactones) is 1. The molecule has 51 heavy (non-hydrogen) atoms. The zero-order valence-electron chi connectivity index (χ0n) is 32.5. The highest BCUT2D eigenvalue weighted by atomic mass is 16.7. The van der Waals surface area contributed by atoms with Crippen molar-refractivity contribution in [3.05, 3.63) is 0 Å². The fraction of sp³-hybridized carbons (Fsp3) is 0.944. The summed E-state index contributed by atoms with van der Waals surface area (Å²) in [7, 11) is 5.18. The normalized spacial score (nSPS) is 49.1. The number of aliphatic hydroxyl groups excluding tert-OH is 3. The molecule has 0 aromatic carbocycles. The molecule has 0 aliphatic carbocycles. The first-order chi connectivity index (χ1) is 23.6.